The Hall–Kier alpha value is -2.25. The van der Waals surface area contributed by atoms with E-state index < -0.39 is 0 Å². The number of nitrogens with one attached hydrogen (secondary N) is 2. The van der Waals surface area contributed by atoms with Crippen molar-refractivity contribution in [3.63, 3.8) is 0 Å². The highest BCUT2D eigenvalue weighted by Crippen LogP contribution is 2.31. The van der Waals surface area contributed by atoms with Crippen molar-refractivity contribution in [2.24, 2.45) is 5.92 Å². The number of pyridine rings is 1. The lowest BCUT2D eigenvalue weighted by molar-refractivity contribution is 0.0924. The Morgan fingerprint density at radius 3 is 2.90 bits per heavy atom. The number of carbonyl (C=O) groups excluding carboxylic acids is 1. The predicted molar refractivity (Wildman–Crippen MR) is 81.1 cm³/mol. The highest BCUT2D eigenvalue weighted by Gasteiger charge is 2.40. The summed E-state index contributed by atoms with van der Waals surface area (Å²) >= 11 is 0. The van der Waals surface area contributed by atoms with Gasteiger partial charge in [-0.2, -0.15) is 0 Å². The van der Waals surface area contributed by atoms with Crippen LogP contribution in [0.2, 0.25) is 0 Å². The molecule has 3 atom stereocenters. The fourth-order valence-corrected chi connectivity index (χ4v) is 3.62. The standard InChI is InChI=1S/C17H17N3O/c1-2-14-5-6-15-4-3-11(10-20(14)15)17(21)19-16-8-13-7-12(16)9-18-13/h1,3-6,10,12-13,16,18H,7-9H2,(H,19,21). The van der Waals surface area contributed by atoms with Gasteiger partial charge in [0.15, 0.2) is 0 Å². The van der Waals surface area contributed by atoms with Crippen LogP contribution < -0.4 is 10.6 Å². The number of aromatic nitrogens is 1. The molecule has 2 bridgehead atoms. The van der Waals surface area contributed by atoms with Crippen LogP contribution in [0.25, 0.3) is 5.52 Å². The highest BCUT2D eigenvalue weighted by atomic mass is 16.1. The average Bonchev–Trinajstić information content (AvgIpc) is 3.21. The summed E-state index contributed by atoms with van der Waals surface area (Å²) < 4.78 is 1.89. The molecule has 4 rings (SSSR count). The van der Waals surface area contributed by atoms with Gasteiger partial charge in [0.2, 0.25) is 0 Å². The lowest BCUT2D eigenvalue weighted by atomic mass is 10.0. The normalized spacial score (nSPS) is 26.9. The van der Waals surface area contributed by atoms with Crippen molar-refractivity contribution in [1.29, 1.82) is 0 Å². The number of nitrogens with zero attached hydrogens (tertiary/aromatic N) is 1. The van der Waals surface area contributed by atoms with E-state index in [0.717, 1.165) is 24.2 Å². The molecule has 2 aliphatic rings. The molecule has 0 aromatic carbocycles. The van der Waals surface area contributed by atoms with Crippen molar-refractivity contribution in [2.45, 2.75) is 24.9 Å². The Labute approximate surface area is 123 Å². The second-order valence-corrected chi connectivity index (χ2v) is 5.99. The number of terminal acetylenes is 1. The van der Waals surface area contributed by atoms with Crippen LogP contribution in [-0.2, 0) is 0 Å². The van der Waals surface area contributed by atoms with Crippen LogP contribution in [0.5, 0.6) is 0 Å². The average molecular weight is 279 g/mol. The topological polar surface area (TPSA) is 45.5 Å². The van der Waals surface area contributed by atoms with Gasteiger partial charge < -0.3 is 15.0 Å². The molecule has 3 heterocycles. The smallest absolute Gasteiger partial charge is 0.253 e. The summed E-state index contributed by atoms with van der Waals surface area (Å²) in [6.07, 6.45) is 9.53. The van der Waals surface area contributed by atoms with Gasteiger partial charge in [-0.15, -0.1) is 6.42 Å². The van der Waals surface area contributed by atoms with Crippen LogP contribution >= 0.6 is 0 Å². The lowest BCUT2D eigenvalue weighted by Crippen LogP contribution is -2.44. The van der Waals surface area contributed by atoms with Crippen LogP contribution in [0.1, 0.15) is 28.9 Å². The molecule has 4 nitrogen and oxygen atoms in total. The van der Waals surface area contributed by atoms with Crippen LogP contribution in [0.15, 0.2) is 30.5 Å². The minimum absolute atomic E-state index is 0.00822. The molecule has 2 aromatic rings. The number of piperidine rings is 1. The second kappa shape index (κ2) is 4.64. The van der Waals surface area contributed by atoms with Crippen LogP contribution in [0.3, 0.4) is 0 Å². The molecule has 1 aliphatic carbocycles. The van der Waals surface area contributed by atoms with E-state index in [4.69, 9.17) is 6.42 Å². The maximum atomic E-state index is 12.4. The summed E-state index contributed by atoms with van der Waals surface area (Å²) in [4.78, 5) is 12.4. The fourth-order valence-electron chi connectivity index (χ4n) is 3.62. The number of carbonyl (C=O) groups is 1. The zero-order valence-electron chi connectivity index (χ0n) is 11.7. The number of rotatable bonds is 2. The third-order valence-electron chi connectivity index (χ3n) is 4.74. The molecule has 1 amide bonds. The third kappa shape index (κ3) is 2.01. The fraction of sp³-hybridized carbons (Fsp3) is 0.353. The minimum Gasteiger partial charge on any atom is -0.349 e. The maximum Gasteiger partial charge on any atom is 0.253 e. The number of hydrogen-bond acceptors (Lipinski definition) is 2. The van der Waals surface area contributed by atoms with Gasteiger partial charge in [0, 0.05) is 30.3 Å². The van der Waals surface area contributed by atoms with E-state index in [9.17, 15) is 4.79 Å². The number of hydrogen-bond donors (Lipinski definition) is 2. The first-order valence-electron chi connectivity index (χ1n) is 7.36. The lowest BCUT2D eigenvalue weighted by Gasteiger charge is -2.23. The quantitative estimate of drug-likeness (QED) is 0.816. The Bertz CT molecular complexity index is 755. The van der Waals surface area contributed by atoms with Gasteiger partial charge in [-0.1, -0.05) is 5.92 Å². The number of fused-ring (bicyclic) bond motifs is 3. The van der Waals surface area contributed by atoms with E-state index >= 15 is 0 Å². The van der Waals surface area contributed by atoms with Crippen molar-refractivity contribution in [3.05, 3.63) is 41.7 Å². The SMILES string of the molecule is C#Cc1ccc2ccc(C(=O)NC3CC4CC3CN4)cn12. The molecule has 3 unspecified atom stereocenters. The van der Waals surface area contributed by atoms with Crippen LogP contribution in [0.4, 0.5) is 0 Å². The van der Waals surface area contributed by atoms with Crippen LogP contribution in [0, 0.1) is 18.3 Å². The molecular formula is C17H17N3O. The van der Waals surface area contributed by atoms with E-state index in [1.165, 1.54) is 6.42 Å². The molecule has 2 aromatic heterocycles. The molecular weight excluding hydrogens is 262 g/mol. The molecule has 1 saturated carbocycles. The minimum atomic E-state index is -0.00822. The van der Waals surface area contributed by atoms with Crippen molar-refractivity contribution >= 4 is 11.4 Å². The summed E-state index contributed by atoms with van der Waals surface area (Å²) in [5.41, 5.74) is 2.43. The first-order chi connectivity index (χ1) is 10.2. The first kappa shape index (κ1) is 12.5. The molecule has 2 fully saturated rings. The van der Waals surface area contributed by atoms with Crippen molar-refractivity contribution < 1.29 is 4.79 Å². The summed E-state index contributed by atoms with van der Waals surface area (Å²) in [5.74, 6) is 3.21. The Morgan fingerprint density at radius 2 is 2.19 bits per heavy atom. The zero-order valence-corrected chi connectivity index (χ0v) is 11.7. The third-order valence-corrected chi connectivity index (χ3v) is 4.74. The Kier molecular flexibility index (Phi) is 2.76. The van der Waals surface area contributed by atoms with Gasteiger partial charge in [0.1, 0.15) is 0 Å². The van der Waals surface area contributed by atoms with Crippen molar-refractivity contribution in [3.8, 4) is 12.3 Å². The van der Waals surface area contributed by atoms with Crippen LogP contribution in [-0.4, -0.2) is 28.9 Å². The van der Waals surface area contributed by atoms with E-state index in [0.29, 0.717) is 23.6 Å². The Balaban J connectivity index is 1.58. The van der Waals surface area contributed by atoms with Gasteiger partial charge in [0.25, 0.3) is 5.91 Å². The molecule has 1 aliphatic heterocycles. The van der Waals surface area contributed by atoms with Crippen molar-refractivity contribution in [1.82, 2.24) is 15.0 Å². The zero-order chi connectivity index (χ0) is 14.4. The molecule has 0 radical (unpaired) electrons. The monoisotopic (exact) mass is 279 g/mol. The van der Waals surface area contributed by atoms with E-state index in [1.807, 2.05) is 34.9 Å². The van der Waals surface area contributed by atoms with Gasteiger partial charge in [-0.3, -0.25) is 4.79 Å². The molecule has 4 heteroatoms. The van der Waals surface area contributed by atoms with Gasteiger partial charge in [0.05, 0.1) is 11.3 Å². The first-order valence-corrected chi connectivity index (χ1v) is 7.36. The Morgan fingerprint density at radius 1 is 1.33 bits per heavy atom. The molecule has 1 saturated heterocycles. The maximum absolute atomic E-state index is 12.4. The summed E-state index contributed by atoms with van der Waals surface area (Å²) in [6, 6.07) is 8.52. The van der Waals surface area contributed by atoms with E-state index in [2.05, 4.69) is 16.6 Å². The molecule has 21 heavy (non-hydrogen) atoms. The largest absolute Gasteiger partial charge is 0.349 e. The van der Waals surface area contributed by atoms with E-state index in [-0.39, 0.29) is 5.91 Å². The second-order valence-electron chi connectivity index (χ2n) is 5.99. The highest BCUT2D eigenvalue weighted by molar-refractivity contribution is 5.94. The van der Waals surface area contributed by atoms with Gasteiger partial charge in [-0.05, 0) is 43.0 Å². The summed E-state index contributed by atoms with van der Waals surface area (Å²) in [5, 5.41) is 6.63. The van der Waals surface area contributed by atoms with Gasteiger partial charge >= 0.3 is 0 Å². The van der Waals surface area contributed by atoms with Crippen molar-refractivity contribution in [2.75, 3.05) is 6.54 Å². The molecule has 106 valence electrons. The molecule has 0 spiro atoms. The van der Waals surface area contributed by atoms with Gasteiger partial charge in [-0.25, -0.2) is 0 Å². The van der Waals surface area contributed by atoms with E-state index in [1.54, 1.807) is 0 Å². The molecule has 2 N–H and O–H groups in total. The summed E-state index contributed by atoms with van der Waals surface area (Å²) in [6.45, 7) is 1.02. The predicted octanol–water partition coefficient (Wildman–Crippen LogP) is 1.40. The number of amides is 1. The summed E-state index contributed by atoms with van der Waals surface area (Å²) in [7, 11) is 0.